The van der Waals surface area contributed by atoms with Crippen LogP contribution in [-0.2, 0) is 4.79 Å². The number of nitrogens with zero attached hydrogens (tertiary/aromatic N) is 2. The first-order valence-electron chi connectivity index (χ1n) is 4.99. The summed E-state index contributed by atoms with van der Waals surface area (Å²) in [6.07, 6.45) is -0.175. The number of aryl methyl sites for hydroxylation is 1. The largest absolute Gasteiger partial charge is 0.495 e. The van der Waals surface area contributed by atoms with Gasteiger partial charge >= 0.3 is 0 Å². The second-order valence-electron chi connectivity index (χ2n) is 3.56. The molecule has 4 nitrogen and oxygen atoms in total. The highest BCUT2D eigenvalue weighted by atomic mass is 35.5. The van der Waals surface area contributed by atoms with Crippen molar-refractivity contribution < 1.29 is 9.53 Å². The minimum absolute atomic E-state index is 0.175. The Kier molecular flexibility index (Phi) is 4.36. The zero-order chi connectivity index (χ0) is 13.0. The maximum absolute atomic E-state index is 11.6. The van der Waals surface area contributed by atoms with Gasteiger partial charge in [-0.15, -0.1) is 0 Å². The fourth-order valence-corrected chi connectivity index (χ4v) is 1.55. The van der Waals surface area contributed by atoms with Crippen molar-refractivity contribution in [2.45, 2.75) is 13.3 Å². The molecule has 1 aromatic carbocycles. The van der Waals surface area contributed by atoms with E-state index < -0.39 is 0 Å². The maximum Gasteiger partial charge on any atom is 0.241 e. The predicted molar refractivity (Wildman–Crippen MR) is 66.4 cm³/mol. The minimum atomic E-state index is -0.300. The van der Waals surface area contributed by atoms with E-state index >= 15 is 0 Å². The summed E-state index contributed by atoms with van der Waals surface area (Å²) in [6, 6.07) is 5.23. The Bertz CT molecular complexity index is 480. The van der Waals surface area contributed by atoms with Gasteiger partial charge in [-0.1, -0.05) is 11.6 Å². The number of carbonyl (C=O) groups excluding carboxylic acids is 1. The molecule has 0 fully saturated rings. The molecule has 0 aliphatic rings. The molecular formula is C12H13ClN2O2. The lowest BCUT2D eigenvalue weighted by atomic mass is 10.2. The average molecular weight is 253 g/mol. The molecule has 0 bridgehead atoms. The van der Waals surface area contributed by atoms with E-state index in [4.69, 9.17) is 21.6 Å². The van der Waals surface area contributed by atoms with E-state index in [1.54, 1.807) is 19.2 Å². The number of ether oxygens (including phenoxy) is 1. The van der Waals surface area contributed by atoms with Crippen molar-refractivity contribution in [3.05, 3.63) is 22.7 Å². The lowest BCUT2D eigenvalue weighted by Crippen LogP contribution is -2.26. The molecule has 0 unspecified atom stereocenters. The summed E-state index contributed by atoms with van der Waals surface area (Å²) in [7, 11) is 3.11. The van der Waals surface area contributed by atoms with E-state index in [1.165, 1.54) is 12.0 Å². The molecule has 1 amide bonds. The molecule has 5 heteroatoms. The molecule has 0 aliphatic carbocycles. The maximum atomic E-state index is 11.6. The average Bonchev–Trinajstić information content (AvgIpc) is 2.31. The van der Waals surface area contributed by atoms with Gasteiger partial charge in [-0.2, -0.15) is 5.26 Å². The molecule has 17 heavy (non-hydrogen) atoms. The summed E-state index contributed by atoms with van der Waals surface area (Å²) in [5.74, 6) is 0.256. The number of halogens is 1. The van der Waals surface area contributed by atoms with Gasteiger partial charge in [0.2, 0.25) is 5.91 Å². The van der Waals surface area contributed by atoms with E-state index in [0.717, 1.165) is 5.56 Å². The molecule has 0 heterocycles. The second kappa shape index (κ2) is 5.55. The summed E-state index contributed by atoms with van der Waals surface area (Å²) >= 11 is 6.01. The molecule has 0 saturated carbocycles. The first-order chi connectivity index (χ1) is 8.01. The normalized spacial score (nSPS) is 9.59. The zero-order valence-electron chi connectivity index (χ0n) is 9.95. The lowest BCUT2D eigenvalue weighted by Gasteiger charge is -2.20. The van der Waals surface area contributed by atoms with Crippen molar-refractivity contribution in [2.75, 3.05) is 19.1 Å². The van der Waals surface area contributed by atoms with Crippen molar-refractivity contribution in [2.24, 2.45) is 0 Å². The summed E-state index contributed by atoms with van der Waals surface area (Å²) in [5, 5.41) is 9.06. The van der Waals surface area contributed by atoms with Crippen LogP contribution in [0.2, 0.25) is 5.02 Å². The van der Waals surface area contributed by atoms with E-state index in [0.29, 0.717) is 16.5 Å². The predicted octanol–water partition coefficient (Wildman–Crippen LogP) is 2.53. The second-order valence-corrected chi connectivity index (χ2v) is 3.97. The molecule has 0 aromatic heterocycles. The van der Waals surface area contributed by atoms with Crippen LogP contribution in [0.3, 0.4) is 0 Å². The van der Waals surface area contributed by atoms with Gasteiger partial charge in [-0.05, 0) is 24.6 Å². The summed E-state index contributed by atoms with van der Waals surface area (Å²) in [4.78, 5) is 13.0. The van der Waals surface area contributed by atoms with Gasteiger partial charge in [-0.25, -0.2) is 0 Å². The molecule has 0 spiro atoms. The molecule has 0 radical (unpaired) electrons. The van der Waals surface area contributed by atoms with E-state index in [1.807, 2.05) is 13.0 Å². The number of nitriles is 1. The van der Waals surface area contributed by atoms with Crippen LogP contribution in [0.5, 0.6) is 5.75 Å². The summed E-state index contributed by atoms with van der Waals surface area (Å²) < 4.78 is 5.20. The molecule has 0 aliphatic heterocycles. The van der Waals surface area contributed by atoms with Gasteiger partial charge in [0.25, 0.3) is 0 Å². The Morgan fingerprint density at radius 1 is 1.59 bits per heavy atom. The Labute approximate surface area is 105 Å². The first kappa shape index (κ1) is 13.3. The quantitative estimate of drug-likeness (QED) is 0.831. The van der Waals surface area contributed by atoms with E-state index in [9.17, 15) is 4.79 Å². The van der Waals surface area contributed by atoms with E-state index in [2.05, 4.69) is 0 Å². The number of benzene rings is 1. The van der Waals surface area contributed by atoms with Gasteiger partial charge in [0.1, 0.15) is 12.2 Å². The SMILES string of the molecule is COc1cc(C)c(Cl)cc1N(C)C(=O)CC#N. The fourth-order valence-electron chi connectivity index (χ4n) is 1.39. The number of methoxy groups -OCH3 is 1. The molecule has 1 rings (SSSR count). The van der Waals surface area contributed by atoms with Crippen LogP contribution in [-0.4, -0.2) is 20.1 Å². The van der Waals surface area contributed by atoms with Crippen LogP contribution < -0.4 is 9.64 Å². The lowest BCUT2D eigenvalue weighted by molar-refractivity contribution is -0.117. The molecule has 1 aromatic rings. The zero-order valence-corrected chi connectivity index (χ0v) is 10.7. The molecule has 0 N–H and O–H groups in total. The number of amides is 1. The topological polar surface area (TPSA) is 53.3 Å². The van der Waals surface area contributed by atoms with Crippen molar-refractivity contribution in [3.8, 4) is 11.8 Å². The summed E-state index contributed by atoms with van der Waals surface area (Å²) in [6.45, 7) is 1.85. The number of anilines is 1. The van der Waals surface area contributed by atoms with Crippen LogP contribution in [0.15, 0.2) is 12.1 Å². The Morgan fingerprint density at radius 3 is 2.76 bits per heavy atom. The molecule has 0 saturated heterocycles. The van der Waals surface area contributed by atoms with E-state index in [-0.39, 0.29) is 12.3 Å². The van der Waals surface area contributed by atoms with Crippen molar-refractivity contribution in [1.82, 2.24) is 0 Å². The Balaban J connectivity index is 3.17. The number of rotatable bonds is 3. The van der Waals surface area contributed by atoms with Gasteiger partial charge in [0.05, 0.1) is 18.9 Å². The van der Waals surface area contributed by atoms with Crippen molar-refractivity contribution in [1.29, 1.82) is 5.26 Å². The van der Waals surface area contributed by atoms with Gasteiger partial charge in [0, 0.05) is 12.1 Å². The summed E-state index contributed by atoms with van der Waals surface area (Å²) in [5.41, 5.74) is 1.43. The molecular weight excluding hydrogens is 240 g/mol. The highest BCUT2D eigenvalue weighted by Crippen LogP contribution is 2.33. The minimum Gasteiger partial charge on any atom is -0.495 e. The standard InChI is InChI=1S/C12H13ClN2O2/c1-8-6-11(17-3)10(7-9(8)13)15(2)12(16)4-5-14/h6-7H,4H2,1-3H3. The number of hydrogen-bond acceptors (Lipinski definition) is 3. The van der Waals surface area contributed by atoms with Crippen LogP contribution in [0.4, 0.5) is 5.69 Å². The fraction of sp³-hybridized carbons (Fsp3) is 0.333. The Morgan fingerprint density at radius 2 is 2.24 bits per heavy atom. The van der Waals surface area contributed by atoms with Crippen LogP contribution in [0, 0.1) is 18.3 Å². The van der Waals surface area contributed by atoms with Crippen molar-refractivity contribution in [3.63, 3.8) is 0 Å². The highest BCUT2D eigenvalue weighted by Gasteiger charge is 2.16. The third-order valence-corrected chi connectivity index (χ3v) is 2.83. The third kappa shape index (κ3) is 2.89. The van der Waals surface area contributed by atoms with Crippen molar-refractivity contribution >= 4 is 23.2 Å². The van der Waals surface area contributed by atoms with Gasteiger partial charge in [-0.3, -0.25) is 4.79 Å². The third-order valence-electron chi connectivity index (χ3n) is 2.43. The number of carbonyl (C=O) groups is 1. The van der Waals surface area contributed by atoms with Gasteiger partial charge in [0.15, 0.2) is 0 Å². The first-order valence-corrected chi connectivity index (χ1v) is 5.36. The van der Waals surface area contributed by atoms with Crippen LogP contribution in [0.1, 0.15) is 12.0 Å². The monoisotopic (exact) mass is 252 g/mol. The highest BCUT2D eigenvalue weighted by molar-refractivity contribution is 6.31. The number of hydrogen-bond donors (Lipinski definition) is 0. The smallest absolute Gasteiger partial charge is 0.241 e. The molecule has 90 valence electrons. The van der Waals surface area contributed by atoms with Crippen LogP contribution >= 0.6 is 11.6 Å². The molecule has 0 atom stereocenters. The Hall–Kier alpha value is -1.73. The van der Waals surface area contributed by atoms with Gasteiger partial charge < -0.3 is 9.64 Å². The van der Waals surface area contributed by atoms with Crippen LogP contribution in [0.25, 0.3) is 0 Å².